The average Bonchev–Trinajstić information content (AvgIpc) is 2.54. The third kappa shape index (κ3) is 4.10. The molecular weight excluding hydrogens is 314 g/mol. The van der Waals surface area contributed by atoms with Gasteiger partial charge < -0.3 is 9.84 Å². The number of rotatable bonds is 6. The minimum absolute atomic E-state index is 0.129. The molecular formula is C17H21NO4S. The van der Waals surface area contributed by atoms with Crippen LogP contribution >= 0.6 is 0 Å². The van der Waals surface area contributed by atoms with E-state index in [0.717, 1.165) is 5.56 Å². The number of nitrogens with one attached hydrogen (secondary N) is 1. The lowest BCUT2D eigenvalue weighted by atomic mass is 10.1. The largest absolute Gasteiger partial charge is 0.496 e. The van der Waals surface area contributed by atoms with Crippen LogP contribution in [0.2, 0.25) is 0 Å². The van der Waals surface area contributed by atoms with Crippen LogP contribution in [-0.2, 0) is 10.0 Å². The van der Waals surface area contributed by atoms with Crippen LogP contribution in [0.5, 0.6) is 5.75 Å². The van der Waals surface area contributed by atoms with Gasteiger partial charge in [0, 0.05) is 12.1 Å². The van der Waals surface area contributed by atoms with Crippen LogP contribution in [0.4, 0.5) is 0 Å². The summed E-state index contributed by atoms with van der Waals surface area (Å²) in [5.74, 6) is 0.519. The quantitative estimate of drug-likeness (QED) is 0.849. The molecule has 124 valence electrons. The normalized spacial score (nSPS) is 12.9. The Balaban J connectivity index is 2.17. The maximum absolute atomic E-state index is 12.4. The van der Waals surface area contributed by atoms with Crippen molar-refractivity contribution in [3.8, 4) is 5.75 Å². The second kappa shape index (κ2) is 7.12. The topological polar surface area (TPSA) is 75.6 Å². The number of para-hydroxylation sites is 1. The van der Waals surface area contributed by atoms with Gasteiger partial charge in [0.1, 0.15) is 5.75 Å². The van der Waals surface area contributed by atoms with Gasteiger partial charge in [0.05, 0.1) is 18.1 Å². The first-order valence-electron chi connectivity index (χ1n) is 7.23. The molecule has 0 spiro atoms. The fourth-order valence-electron chi connectivity index (χ4n) is 2.31. The van der Waals surface area contributed by atoms with Crippen molar-refractivity contribution in [1.29, 1.82) is 0 Å². The number of benzene rings is 2. The summed E-state index contributed by atoms with van der Waals surface area (Å²) >= 11 is 0. The number of methoxy groups -OCH3 is 1. The monoisotopic (exact) mass is 335 g/mol. The van der Waals surface area contributed by atoms with Crippen molar-refractivity contribution in [2.75, 3.05) is 13.7 Å². The van der Waals surface area contributed by atoms with E-state index in [0.29, 0.717) is 16.9 Å². The molecule has 2 rings (SSSR count). The van der Waals surface area contributed by atoms with Gasteiger partial charge in [-0.1, -0.05) is 30.3 Å². The van der Waals surface area contributed by atoms with Crippen LogP contribution < -0.4 is 9.46 Å². The van der Waals surface area contributed by atoms with E-state index < -0.39 is 16.1 Å². The molecule has 0 amide bonds. The highest BCUT2D eigenvalue weighted by atomic mass is 32.2. The first-order chi connectivity index (χ1) is 10.8. The number of ether oxygens (including phenoxy) is 1. The first kappa shape index (κ1) is 17.5. The molecule has 2 aromatic rings. The summed E-state index contributed by atoms with van der Waals surface area (Å²) in [4.78, 5) is 0.227. The van der Waals surface area contributed by atoms with E-state index in [1.54, 1.807) is 43.3 Å². The molecule has 0 aromatic heterocycles. The van der Waals surface area contributed by atoms with Gasteiger partial charge >= 0.3 is 0 Å². The smallest absolute Gasteiger partial charge is 0.240 e. The zero-order valence-corrected chi connectivity index (χ0v) is 14.2. The van der Waals surface area contributed by atoms with Gasteiger partial charge in [-0.2, -0.15) is 0 Å². The van der Waals surface area contributed by atoms with Gasteiger partial charge in [-0.15, -0.1) is 0 Å². The van der Waals surface area contributed by atoms with Crippen LogP contribution in [0.1, 0.15) is 22.8 Å². The summed E-state index contributed by atoms with van der Waals surface area (Å²) in [5.41, 5.74) is 2.06. The van der Waals surface area contributed by atoms with Crippen molar-refractivity contribution in [2.45, 2.75) is 24.8 Å². The first-order valence-corrected chi connectivity index (χ1v) is 8.71. The molecule has 0 aliphatic carbocycles. The highest BCUT2D eigenvalue weighted by Crippen LogP contribution is 2.25. The van der Waals surface area contributed by atoms with Crippen LogP contribution in [0.25, 0.3) is 0 Å². The SMILES string of the molecule is COc1ccccc1[C@H](O)CNS(=O)(=O)c1cc(C)ccc1C. The van der Waals surface area contributed by atoms with Crippen molar-refractivity contribution in [3.05, 3.63) is 59.2 Å². The van der Waals surface area contributed by atoms with Crippen LogP contribution in [0.15, 0.2) is 47.4 Å². The predicted molar refractivity (Wildman–Crippen MR) is 89.1 cm³/mol. The second-order valence-electron chi connectivity index (χ2n) is 5.38. The zero-order valence-electron chi connectivity index (χ0n) is 13.4. The predicted octanol–water partition coefficient (Wildman–Crippen LogP) is 2.32. The lowest BCUT2D eigenvalue weighted by molar-refractivity contribution is 0.177. The molecule has 0 saturated heterocycles. The fourth-order valence-corrected chi connectivity index (χ4v) is 3.68. The Morgan fingerprint density at radius 1 is 1.17 bits per heavy atom. The lowest BCUT2D eigenvalue weighted by Gasteiger charge is -2.16. The molecule has 2 N–H and O–H groups in total. The molecule has 2 aromatic carbocycles. The molecule has 0 fully saturated rings. The minimum atomic E-state index is -3.69. The van der Waals surface area contributed by atoms with E-state index in [2.05, 4.69) is 4.72 Å². The van der Waals surface area contributed by atoms with E-state index in [1.807, 2.05) is 13.0 Å². The standard InChI is InChI=1S/C17H21NO4S/c1-12-8-9-13(2)17(10-12)23(20,21)18-11-15(19)14-6-4-5-7-16(14)22-3/h4-10,15,18-19H,11H2,1-3H3/t15-/m1/s1. The number of aliphatic hydroxyl groups excluding tert-OH is 1. The number of sulfonamides is 1. The summed E-state index contributed by atoms with van der Waals surface area (Å²) in [5, 5.41) is 10.3. The molecule has 5 nitrogen and oxygen atoms in total. The van der Waals surface area contributed by atoms with Gasteiger partial charge in [-0.05, 0) is 37.1 Å². The molecule has 0 heterocycles. The third-order valence-electron chi connectivity index (χ3n) is 3.60. The van der Waals surface area contributed by atoms with Crippen LogP contribution in [0, 0.1) is 13.8 Å². The summed E-state index contributed by atoms with van der Waals surface area (Å²) in [6.07, 6.45) is -0.994. The lowest BCUT2D eigenvalue weighted by Crippen LogP contribution is -2.29. The van der Waals surface area contributed by atoms with Gasteiger partial charge in [0.25, 0.3) is 0 Å². The Bertz CT molecular complexity index is 787. The van der Waals surface area contributed by atoms with E-state index in [1.165, 1.54) is 7.11 Å². The van der Waals surface area contributed by atoms with Gasteiger partial charge in [0.15, 0.2) is 0 Å². The highest BCUT2D eigenvalue weighted by Gasteiger charge is 2.20. The van der Waals surface area contributed by atoms with Crippen molar-refractivity contribution < 1.29 is 18.3 Å². The maximum atomic E-state index is 12.4. The van der Waals surface area contributed by atoms with Crippen molar-refractivity contribution in [2.24, 2.45) is 0 Å². The van der Waals surface area contributed by atoms with Crippen molar-refractivity contribution in [1.82, 2.24) is 4.72 Å². The minimum Gasteiger partial charge on any atom is -0.496 e. The summed E-state index contributed by atoms with van der Waals surface area (Å²) < 4.78 is 32.5. The summed E-state index contributed by atoms with van der Waals surface area (Å²) in [6.45, 7) is 3.45. The highest BCUT2D eigenvalue weighted by molar-refractivity contribution is 7.89. The molecule has 0 bridgehead atoms. The van der Waals surface area contributed by atoms with Gasteiger partial charge in [-0.25, -0.2) is 13.1 Å². The Kier molecular flexibility index (Phi) is 5.41. The molecule has 23 heavy (non-hydrogen) atoms. The van der Waals surface area contributed by atoms with E-state index >= 15 is 0 Å². The molecule has 6 heteroatoms. The summed E-state index contributed by atoms with van der Waals surface area (Å²) in [7, 11) is -2.18. The van der Waals surface area contributed by atoms with E-state index in [4.69, 9.17) is 4.74 Å². The van der Waals surface area contributed by atoms with Crippen LogP contribution in [0.3, 0.4) is 0 Å². The molecule has 0 aliphatic rings. The molecule has 0 aliphatic heterocycles. The average molecular weight is 335 g/mol. The molecule has 0 saturated carbocycles. The Morgan fingerprint density at radius 2 is 1.87 bits per heavy atom. The number of hydrogen-bond acceptors (Lipinski definition) is 4. The molecule has 0 unspecified atom stereocenters. The Hall–Kier alpha value is -1.89. The van der Waals surface area contributed by atoms with E-state index in [-0.39, 0.29) is 11.4 Å². The number of aryl methyl sites for hydroxylation is 2. The Morgan fingerprint density at radius 3 is 2.57 bits per heavy atom. The van der Waals surface area contributed by atoms with Crippen LogP contribution in [-0.4, -0.2) is 27.2 Å². The maximum Gasteiger partial charge on any atom is 0.240 e. The third-order valence-corrected chi connectivity index (χ3v) is 5.16. The van der Waals surface area contributed by atoms with Gasteiger partial charge in [-0.3, -0.25) is 0 Å². The van der Waals surface area contributed by atoms with Gasteiger partial charge in [0.2, 0.25) is 10.0 Å². The Labute approximate surface area is 137 Å². The fraction of sp³-hybridized carbons (Fsp3) is 0.294. The van der Waals surface area contributed by atoms with Crippen molar-refractivity contribution >= 4 is 10.0 Å². The summed E-state index contributed by atoms with van der Waals surface area (Å²) in [6, 6.07) is 12.2. The molecule has 0 radical (unpaired) electrons. The van der Waals surface area contributed by atoms with E-state index in [9.17, 15) is 13.5 Å². The van der Waals surface area contributed by atoms with Crippen molar-refractivity contribution in [3.63, 3.8) is 0 Å². The number of hydrogen-bond donors (Lipinski definition) is 2. The molecule has 1 atom stereocenters. The zero-order chi connectivity index (χ0) is 17.0. The second-order valence-corrected chi connectivity index (χ2v) is 7.11. The number of aliphatic hydroxyl groups is 1.